The number of aryl methyl sites for hydroxylation is 1. The molecule has 0 aliphatic carbocycles. The van der Waals surface area contributed by atoms with Crippen LogP contribution in [0.4, 0.5) is 0 Å². The average Bonchev–Trinajstić information content (AvgIpc) is 2.98. The molecule has 0 fully saturated rings. The fraction of sp³-hybridized carbons (Fsp3) is 0.400. The van der Waals surface area contributed by atoms with Crippen molar-refractivity contribution in [2.45, 2.75) is 53.4 Å². The van der Waals surface area contributed by atoms with Gasteiger partial charge in [0, 0.05) is 4.88 Å². The minimum atomic E-state index is -0.394. The zero-order valence-electron chi connectivity index (χ0n) is 15.7. The summed E-state index contributed by atoms with van der Waals surface area (Å²) in [5.41, 5.74) is 5.40. The third kappa shape index (κ3) is 4.48. The van der Waals surface area contributed by atoms with Gasteiger partial charge in [-0.05, 0) is 55.0 Å². The van der Waals surface area contributed by atoms with E-state index in [-0.39, 0.29) is 23.1 Å². The first-order valence-corrected chi connectivity index (χ1v) is 9.30. The number of carbonyl (C=O) groups is 1. The van der Waals surface area contributed by atoms with Crippen molar-refractivity contribution in [3.05, 3.63) is 50.7 Å². The van der Waals surface area contributed by atoms with Gasteiger partial charge in [-0.15, -0.1) is 11.3 Å². The van der Waals surface area contributed by atoms with Crippen molar-refractivity contribution in [2.75, 3.05) is 0 Å². The van der Waals surface area contributed by atoms with Crippen LogP contribution in [0.5, 0.6) is 5.75 Å². The number of aromatic hydroxyl groups is 1. The van der Waals surface area contributed by atoms with Crippen LogP contribution >= 0.6 is 11.3 Å². The van der Waals surface area contributed by atoms with Crippen molar-refractivity contribution in [3.8, 4) is 5.75 Å². The fourth-order valence-electron chi connectivity index (χ4n) is 2.51. The normalized spacial score (nSPS) is 12.1. The lowest BCUT2D eigenvalue weighted by Gasteiger charge is -2.16. The Labute approximate surface area is 153 Å². The Bertz CT molecular complexity index is 804. The van der Waals surface area contributed by atoms with Gasteiger partial charge >= 0.3 is 0 Å². The number of thiophene rings is 1. The summed E-state index contributed by atoms with van der Waals surface area (Å²) in [5.74, 6) is 0.0415. The van der Waals surface area contributed by atoms with E-state index in [0.29, 0.717) is 0 Å². The van der Waals surface area contributed by atoms with Gasteiger partial charge in [0.05, 0.1) is 16.2 Å². The van der Waals surface area contributed by atoms with E-state index in [9.17, 15) is 9.90 Å². The van der Waals surface area contributed by atoms with Crippen molar-refractivity contribution < 1.29 is 9.90 Å². The minimum Gasteiger partial charge on any atom is -0.507 e. The van der Waals surface area contributed by atoms with Gasteiger partial charge in [-0.2, -0.15) is 5.10 Å². The number of amides is 1. The molecule has 2 rings (SSSR count). The van der Waals surface area contributed by atoms with Crippen LogP contribution in [-0.2, 0) is 0 Å². The predicted molar refractivity (Wildman–Crippen MR) is 105 cm³/mol. The number of benzene rings is 1. The quantitative estimate of drug-likeness (QED) is 0.572. The molecule has 25 heavy (non-hydrogen) atoms. The summed E-state index contributed by atoms with van der Waals surface area (Å²) < 4.78 is 0. The standard InChI is InChI=1S/C20H26N2O2S/c1-11(2)15-9-16(12(3)4)19(23)17(10-15)20(24)22-21-14(6)18-8-7-13(5)25-18/h7-12,23H,1-6H3,(H,22,24)/b21-14-. The average molecular weight is 359 g/mol. The highest BCUT2D eigenvalue weighted by molar-refractivity contribution is 7.14. The summed E-state index contributed by atoms with van der Waals surface area (Å²) in [7, 11) is 0. The molecule has 1 aromatic carbocycles. The molecule has 0 aliphatic heterocycles. The Hall–Kier alpha value is -2.14. The van der Waals surface area contributed by atoms with Crippen molar-refractivity contribution in [3.63, 3.8) is 0 Å². The second-order valence-electron chi connectivity index (χ2n) is 6.86. The second-order valence-corrected chi connectivity index (χ2v) is 8.15. The summed E-state index contributed by atoms with van der Waals surface area (Å²) in [5, 5.41) is 14.7. The van der Waals surface area contributed by atoms with E-state index >= 15 is 0 Å². The third-order valence-electron chi connectivity index (χ3n) is 4.12. The zero-order chi connectivity index (χ0) is 18.7. The molecule has 0 atom stereocenters. The molecule has 0 bridgehead atoms. The summed E-state index contributed by atoms with van der Waals surface area (Å²) in [6, 6.07) is 7.73. The first kappa shape index (κ1) is 19.2. The molecule has 1 aromatic heterocycles. The number of hydrazone groups is 1. The topological polar surface area (TPSA) is 61.7 Å². The van der Waals surface area contributed by atoms with Crippen LogP contribution in [0.25, 0.3) is 0 Å². The van der Waals surface area contributed by atoms with Crippen LogP contribution in [-0.4, -0.2) is 16.7 Å². The van der Waals surface area contributed by atoms with E-state index in [0.717, 1.165) is 21.7 Å². The maximum atomic E-state index is 12.6. The molecule has 2 aromatic rings. The van der Waals surface area contributed by atoms with E-state index in [1.165, 1.54) is 4.88 Å². The lowest BCUT2D eigenvalue weighted by molar-refractivity contribution is 0.0952. The minimum absolute atomic E-state index is 0.0386. The van der Waals surface area contributed by atoms with E-state index in [1.54, 1.807) is 17.4 Å². The van der Waals surface area contributed by atoms with Crippen LogP contribution in [0.3, 0.4) is 0 Å². The maximum Gasteiger partial charge on any atom is 0.275 e. The van der Waals surface area contributed by atoms with E-state index < -0.39 is 5.91 Å². The molecule has 0 saturated carbocycles. The largest absolute Gasteiger partial charge is 0.507 e. The molecule has 134 valence electrons. The number of nitrogens with zero attached hydrogens (tertiary/aromatic N) is 1. The number of hydrogen-bond donors (Lipinski definition) is 2. The van der Waals surface area contributed by atoms with Gasteiger partial charge in [0.15, 0.2) is 0 Å². The predicted octanol–water partition coefficient (Wildman–Crippen LogP) is 5.16. The van der Waals surface area contributed by atoms with Crippen molar-refractivity contribution in [1.29, 1.82) is 0 Å². The van der Waals surface area contributed by atoms with Crippen LogP contribution in [0.1, 0.15) is 77.7 Å². The summed E-state index contributed by atoms with van der Waals surface area (Å²) in [6.07, 6.45) is 0. The Morgan fingerprint density at radius 2 is 1.84 bits per heavy atom. The summed E-state index contributed by atoms with van der Waals surface area (Å²) in [4.78, 5) is 14.8. The van der Waals surface area contributed by atoms with Gasteiger partial charge in [0.2, 0.25) is 0 Å². The first-order valence-electron chi connectivity index (χ1n) is 8.49. The van der Waals surface area contributed by atoms with Gasteiger partial charge in [-0.25, -0.2) is 5.43 Å². The van der Waals surface area contributed by atoms with Gasteiger partial charge in [-0.3, -0.25) is 4.79 Å². The molecule has 0 spiro atoms. The summed E-state index contributed by atoms with van der Waals surface area (Å²) >= 11 is 1.63. The summed E-state index contributed by atoms with van der Waals surface area (Å²) in [6.45, 7) is 12.0. The number of carbonyl (C=O) groups excluding carboxylic acids is 1. The highest BCUT2D eigenvalue weighted by atomic mass is 32.1. The van der Waals surface area contributed by atoms with E-state index in [4.69, 9.17) is 0 Å². The molecule has 0 radical (unpaired) electrons. The van der Waals surface area contributed by atoms with Gasteiger partial charge in [-0.1, -0.05) is 33.8 Å². The smallest absolute Gasteiger partial charge is 0.275 e. The molecular formula is C20H26N2O2S. The second kappa shape index (κ2) is 7.83. The number of nitrogens with one attached hydrogen (secondary N) is 1. The molecule has 2 N–H and O–H groups in total. The van der Waals surface area contributed by atoms with E-state index in [1.807, 2.05) is 45.9 Å². The monoisotopic (exact) mass is 358 g/mol. The lowest BCUT2D eigenvalue weighted by atomic mass is 9.92. The van der Waals surface area contributed by atoms with E-state index in [2.05, 4.69) is 24.4 Å². The van der Waals surface area contributed by atoms with Crippen LogP contribution in [0, 0.1) is 6.92 Å². The number of phenols is 1. The van der Waals surface area contributed by atoms with Crippen molar-refractivity contribution >= 4 is 23.0 Å². The molecule has 5 heteroatoms. The highest BCUT2D eigenvalue weighted by Gasteiger charge is 2.19. The lowest BCUT2D eigenvalue weighted by Crippen LogP contribution is -2.20. The van der Waals surface area contributed by atoms with Crippen molar-refractivity contribution in [2.24, 2.45) is 5.10 Å². The molecular weight excluding hydrogens is 332 g/mol. The van der Waals surface area contributed by atoms with Gasteiger partial charge in [0.1, 0.15) is 5.75 Å². The number of phenolic OH excluding ortho intramolecular Hbond substituents is 1. The highest BCUT2D eigenvalue weighted by Crippen LogP contribution is 2.33. The van der Waals surface area contributed by atoms with Crippen LogP contribution in [0.2, 0.25) is 0 Å². The SMILES string of the molecule is C/C(=N/NC(=O)c1cc(C(C)C)cc(C(C)C)c1O)c1ccc(C)s1. The Morgan fingerprint density at radius 3 is 2.36 bits per heavy atom. The van der Waals surface area contributed by atoms with Crippen LogP contribution in [0.15, 0.2) is 29.4 Å². The maximum absolute atomic E-state index is 12.6. The van der Waals surface area contributed by atoms with Gasteiger partial charge < -0.3 is 5.11 Å². The Balaban J connectivity index is 2.32. The van der Waals surface area contributed by atoms with Gasteiger partial charge in [0.25, 0.3) is 5.91 Å². The number of rotatable bonds is 5. The molecule has 4 nitrogen and oxygen atoms in total. The number of hydrogen-bond acceptors (Lipinski definition) is 4. The molecule has 0 aliphatic rings. The van der Waals surface area contributed by atoms with Crippen LogP contribution < -0.4 is 5.43 Å². The third-order valence-corrected chi connectivity index (χ3v) is 5.23. The van der Waals surface area contributed by atoms with Crippen molar-refractivity contribution in [1.82, 2.24) is 5.43 Å². The Morgan fingerprint density at radius 1 is 1.16 bits per heavy atom. The Kier molecular flexibility index (Phi) is 6.01. The first-order chi connectivity index (χ1) is 11.7. The fourth-order valence-corrected chi connectivity index (χ4v) is 3.32. The molecule has 0 saturated heterocycles. The molecule has 0 unspecified atom stereocenters. The molecule has 1 heterocycles. The zero-order valence-corrected chi connectivity index (χ0v) is 16.5. The molecule has 1 amide bonds.